The molecule has 0 radical (unpaired) electrons. The molecule has 156 valence electrons. The van der Waals surface area contributed by atoms with Crippen LogP contribution in [0.1, 0.15) is 36.7 Å². The molecule has 0 spiro atoms. The third-order valence-electron chi connectivity index (χ3n) is 5.04. The second-order valence-electron chi connectivity index (χ2n) is 8.31. The Labute approximate surface area is 185 Å². The van der Waals surface area contributed by atoms with E-state index in [2.05, 4.69) is 20.8 Å². The molecule has 3 aromatic carbocycles. The number of carbonyl (C=O) groups excluding carboxylic acids is 1. The SMILES string of the molecule is CC(C)(C)c1ccc(C(=O)Oc2c(-c3ccc(Cl)cc3)oc3ccccc3c2=O)cc1. The molecule has 4 rings (SSSR count). The number of ether oxygens (including phenoxy) is 1. The van der Waals surface area contributed by atoms with Gasteiger partial charge in [-0.1, -0.05) is 56.6 Å². The van der Waals surface area contributed by atoms with Crippen molar-refractivity contribution in [1.82, 2.24) is 0 Å². The van der Waals surface area contributed by atoms with Crippen LogP contribution in [0.5, 0.6) is 5.75 Å². The van der Waals surface area contributed by atoms with Crippen LogP contribution in [0.25, 0.3) is 22.3 Å². The van der Waals surface area contributed by atoms with Crippen LogP contribution in [0.4, 0.5) is 0 Å². The van der Waals surface area contributed by atoms with Gasteiger partial charge in [-0.05, 0) is 59.5 Å². The lowest BCUT2D eigenvalue weighted by Crippen LogP contribution is -2.17. The van der Waals surface area contributed by atoms with Crippen LogP contribution in [-0.2, 0) is 5.41 Å². The summed E-state index contributed by atoms with van der Waals surface area (Å²) in [5.41, 5.74) is 1.99. The number of halogens is 1. The van der Waals surface area contributed by atoms with Crippen molar-refractivity contribution in [3.8, 4) is 17.1 Å². The van der Waals surface area contributed by atoms with Crippen molar-refractivity contribution in [1.29, 1.82) is 0 Å². The van der Waals surface area contributed by atoms with Gasteiger partial charge in [0.25, 0.3) is 0 Å². The van der Waals surface area contributed by atoms with Crippen molar-refractivity contribution in [2.24, 2.45) is 0 Å². The Balaban J connectivity index is 1.79. The van der Waals surface area contributed by atoms with Gasteiger partial charge in [0.2, 0.25) is 11.2 Å². The zero-order chi connectivity index (χ0) is 22.2. The Hall–Kier alpha value is -3.37. The standard InChI is InChI=1S/C26H21ClO4/c1-26(2,3)18-12-8-17(9-13-18)25(29)31-24-22(28)20-6-4-5-7-21(20)30-23(24)16-10-14-19(27)15-11-16/h4-15H,1-3H3. The molecule has 4 nitrogen and oxygen atoms in total. The molecular formula is C26H21ClO4. The van der Waals surface area contributed by atoms with Crippen LogP contribution < -0.4 is 10.2 Å². The van der Waals surface area contributed by atoms with E-state index in [0.717, 1.165) is 5.56 Å². The van der Waals surface area contributed by atoms with E-state index in [1.807, 2.05) is 12.1 Å². The van der Waals surface area contributed by atoms with Crippen LogP contribution in [0.15, 0.2) is 82.0 Å². The van der Waals surface area contributed by atoms with E-state index < -0.39 is 11.4 Å². The highest BCUT2D eigenvalue weighted by molar-refractivity contribution is 6.30. The van der Waals surface area contributed by atoms with Crippen LogP contribution in [-0.4, -0.2) is 5.97 Å². The summed E-state index contributed by atoms with van der Waals surface area (Å²) in [5, 5.41) is 0.885. The maximum absolute atomic E-state index is 13.2. The third-order valence-corrected chi connectivity index (χ3v) is 5.30. The zero-order valence-electron chi connectivity index (χ0n) is 17.4. The molecule has 5 heteroatoms. The minimum atomic E-state index is -0.627. The fraction of sp³-hybridized carbons (Fsp3) is 0.154. The number of hydrogen-bond donors (Lipinski definition) is 0. The normalized spacial score (nSPS) is 11.5. The Kier molecular flexibility index (Phi) is 5.42. The number of rotatable bonds is 3. The van der Waals surface area contributed by atoms with Crippen molar-refractivity contribution < 1.29 is 13.9 Å². The molecule has 0 aliphatic heterocycles. The molecule has 0 aliphatic rings. The highest BCUT2D eigenvalue weighted by atomic mass is 35.5. The van der Waals surface area contributed by atoms with Crippen molar-refractivity contribution in [3.05, 3.63) is 99.2 Å². The highest BCUT2D eigenvalue weighted by Gasteiger charge is 2.22. The monoisotopic (exact) mass is 432 g/mol. The Morgan fingerprint density at radius 2 is 1.55 bits per heavy atom. The lowest BCUT2D eigenvalue weighted by molar-refractivity contribution is 0.0731. The van der Waals surface area contributed by atoms with Gasteiger partial charge in [-0.2, -0.15) is 0 Å². The van der Waals surface area contributed by atoms with Gasteiger partial charge in [0.05, 0.1) is 10.9 Å². The van der Waals surface area contributed by atoms with Gasteiger partial charge in [0.15, 0.2) is 5.76 Å². The minimum absolute atomic E-state index is 0.0381. The van der Waals surface area contributed by atoms with Crippen molar-refractivity contribution in [3.63, 3.8) is 0 Å². The average Bonchev–Trinajstić information content (AvgIpc) is 2.75. The number of fused-ring (bicyclic) bond motifs is 1. The van der Waals surface area contributed by atoms with Gasteiger partial charge in [0, 0.05) is 10.6 Å². The van der Waals surface area contributed by atoms with Crippen molar-refractivity contribution >= 4 is 28.5 Å². The number of para-hydroxylation sites is 1. The van der Waals surface area contributed by atoms with E-state index in [4.69, 9.17) is 20.8 Å². The summed E-state index contributed by atoms with van der Waals surface area (Å²) in [6, 6.07) is 20.8. The second-order valence-corrected chi connectivity index (χ2v) is 8.75. The summed E-state index contributed by atoms with van der Waals surface area (Å²) in [5.74, 6) is -0.593. The zero-order valence-corrected chi connectivity index (χ0v) is 18.2. The second kappa shape index (κ2) is 8.05. The summed E-state index contributed by atoms with van der Waals surface area (Å²) >= 11 is 6.00. The van der Waals surface area contributed by atoms with Gasteiger partial charge < -0.3 is 9.15 Å². The highest BCUT2D eigenvalue weighted by Crippen LogP contribution is 2.32. The predicted molar refractivity (Wildman–Crippen MR) is 123 cm³/mol. The summed E-state index contributed by atoms with van der Waals surface area (Å²) in [4.78, 5) is 26.1. The van der Waals surface area contributed by atoms with Crippen LogP contribution in [0.2, 0.25) is 5.02 Å². The first-order valence-corrected chi connectivity index (χ1v) is 10.3. The topological polar surface area (TPSA) is 56.5 Å². The molecule has 0 bridgehead atoms. The van der Waals surface area contributed by atoms with Crippen LogP contribution in [0, 0.1) is 0 Å². The van der Waals surface area contributed by atoms with Gasteiger partial charge in [0.1, 0.15) is 5.58 Å². The maximum Gasteiger partial charge on any atom is 0.343 e. The number of hydrogen-bond acceptors (Lipinski definition) is 4. The summed E-state index contributed by atoms with van der Waals surface area (Å²) in [6.45, 7) is 6.29. The van der Waals surface area contributed by atoms with Gasteiger partial charge in [-0.3, -0.25) is 4.79 Å². The van der Waals surface area contributed by atoms with Gasteiger partial charge in [-0.25, -0.2) is 4.79 Å². The van der Waals surface area contributed by atoms with Crippen molar-refractivity contribution in [2.75, 3.05) is 0 Å². The number of carbonyl (C=O) groups is 1. The molecule has 1 heterocycles. The quantitative estimate of drug-likeness (QED) is 0.341. The molecule has 0 unspecified atom stereocenters. The molecule has 31 heavy (non-hydrogen) atoms. The minimum Gasteiger partial charge on any atom is -0.452 e. The fourth-order valence-electron chi connectivity index (χ4n) is 3.27. The van der Waals surface area contributed by atoms with E-state index in [-0.39, 0.29) is 16.9 Å². The lowest BCUT2D eigenvalue weighted by Gasteiger charge is -2.19. The van der Waals surface area contributed by atoms with Crippen LogP contribution >= 0.6 is 11.6 Å². The van der Waals surface area contributed by atoms with E-state index in [9.17, 15) is 9.59 Å². The first-order valence-electron chi connectivity index (χ1n) is 9.88. The summed E-state index contributed by atoms with van der Waals surface area (Å²) in [6.07, 6.45) is 0. The maximum atomic E-state index is 13.2. The van der Waals surface area contributed by atoms with E-state index in [0.29, 0.717) is 27.1 Å². The first kappa shape index (κ1) is 20.9. The van der Waals surface area contributed by atoms with Crippen molar-refractivity contribution in [2.45, 2.75) is 26.2 Å². The molecular weight excluding hydrogens is 412 g/mol. The summed E-state index contributed by atoms with van der Waals surface area (Å²) < 4.78 is 11.6. The van der Waals surface area contributed by atoms with Crippen LogP contribution in [0.3, 0.4) is 0 Å². The summed E-state index contributed by atoms with van der Waals surface area (Å²) in [7, 11) is 0. The Morgan fingerprint density at radius 1 is 0.903 bits per heavy atom. The predicted octanol–water partition coefficient (Wildman–Crippen LogP) is 6.63. The molecule has 0 saturated carbocycles. The number of benzene rings is 3. The molecule has 4 aromatic rings. The van der Waals surface area contributed by atoms with E-state index in [1.165, 1.54) is 0 Å². The molecule has 1 aromatic heterocycles. The number of esters is 1. The molecule has 0 amide bonds. The van der Waals surface area contributed by atoms with E-state index >= 15 is 0 Å². The smallest absolute Gasteiger partial charge is 0.343 e. The van der Waals surface area contributed by atoms with E-state index in [1.54, 1.807) is 60.7 Å². The van der Waals surface area contributed by atoms with Gasteiger partial charge in [-0.15, -0.1) is 0 Å². The lowest BCUT2D eigenvalue weighted by atomic mass is 9.87. The Morgan fingerprint density at radius 3 is 2.19 bits per heavy atom. The molecule has 0 aliphatic carbocycles. The molecule has 0 fully saturated rings. The average molecular weight is 433 g/mol. The van der Waals surface area contributed by atoms with Gasteiger partial charge >= 0.3 is 5.97 Å². The molecule has 0 saturated heterocycles. The molecule has 0 N–H and O–H groups in total. The fourth-order valence-corrected chi connectivity index (χ4v) is 3.39. The first-order chi connectivity index (χ1) is 14.7. The molecule has 0 atom stereocenters. The Bertz CT molecular complexity index is 1310. The third kappa shape index (κ3) is 4.25. The largest absolute Gasteiger partial charge is 0.452 e.